The fourth-order valence-corrected chi connectivity index (χ4v) is 2.58. The highest BCUT2D eigenvalue weighted by molar-refractivity contribution is 5.96. The monoisotopic (exact) mass is 276 g/mol. The van der Waals surface area contributed by atoms with Crippen molar-refractivity contribution in [3.63, 3.8) is 0 Å². The Balaban J connectivity index is 2.09. The molecule has 4 nitrogen and oxygen atoms in total. The Morgan fingerprint density at radius 3 is 2.15 bits per heavy atom. The molecule has 0 N–H and O–H groups in total. The van der Waals surface area contributed by atoms with Crippen molar-refractivity contribution < 1.29 is 19.1 Å². The maximum Gasteiger partial charge on any atom is 0.320 e. The fourth-order valence-electron chi connectivity index (χ4n) is 2.58. The summed E-state index contributed by atoms with van der Waals surface area (Å²) in [7, 11) is 0. The zero-order valence-electron chi connectivity index (χ0n) is 11.9. The molecule has 0 aliphatic heterocycles. The van der Waals surface area contributed by atoms with Crippen LogP contribution in [-0.4, -0.2) is 25.2 Å². The molecule has 0 heterocycles. The number of esters is 2. The van der Waals surface area contributed by atoms with Gasteiger partial charge in [0.15, 0.2) is 5.92 Å². The Morgan fingerprint density at radius 1 is 1.10 bits per heavy atom. The summed E-state index contributed by atoms with van der Waals surface area (Å²) >= 11 is 0. The van der Waals surface area contributed by atoms with Gasteiger partial charge in [0.2, 0.25) is 0 Å². The Bertz CT molecular complexity index is 451. The van der Waals surface area contributed by atoms with Gasteiger partial charge in [0, 0.05) is 0 Å². The number of rotatable bonds is 6. The molecule has 108 valence electrons. The first-order valence-electron chi connectivity index (χ1n) is 7.07. The molecule has 0 aromatic heterocycles. The van der Waals surface area contributed by atoms with Crippen LogP contribution in [0.25, 0.3) is 0 Å². The van der Waals surface area contributed by atoms with Gasteiger partial charge in [0.1, 0.15) is 0 Å². The van der Waals surface area contributed by atoms with Crippen molar-refractivity contribution in [2.24, 2.45) is 11.8 Å². The molecule has 1 aliphatic rings. The standard InChI is InChI=1S/C16H20O4/c1-3-19-15(17)14(16(18)20-4-2)13-10-12(13)11-8-6-5-7-9-11/h5-9,12-14H,3-4,10H2,1-2H3. The predicted molar refractivity (Wildman–Crippen MR) is 74.0 cm³/mol. The van der Waals surface area contributed by atoms with E-state index in [0.717, 1.165) is 12.0 Å². The van der Waals surface area contributed by atoms with Crippen LogP contribution in [0, 0.1) is 11.8 Å². The topological polar surface area (TPSA) is 52.6 Å². The SMILES string of the molecule is CCOC(=O)C(C(=O)OCC)C1CC1c1ccccc1. The lowest BCUT2D eigenvalue weighted by Crippen LogP contribution is -2.30. The summed E-state index contributed by atoms with van der Waals surface area (Å²) in [5.41, 5.74) is 1.16. The van der Waals surface area contributed by atoms with Gasteiger partial charge < -0.3 is 9.47 Å². The molecule has 0 amide bonds. The minimum atomic E-state index is -0.792. The van der Waals surface area contributed by atoms with Gasteiger partial charge in [-0.25, -0.2) is 0 Å². The van der Waals surface area contributed by atoms with E-state index < -0.39 is 17.9 Å². The van der Waals surface area contributed by atoms with E-state index in [2.05, 4.69) is 0 Å². The number of carbonyl (C=O) groups is 2. The zero-order chi connectivity index (χ0) is 14.5. The number of benzene rings is 1. The molecule has 1 aliphatic carbocycles. The van der Waals surface area contributed by atoms with E-state index in [1.807, 2.05) is 30.3 Å². The molecule has 1 aromatic carbocycles. The summed E-state index contributed by atoms with van der Waals surface area (Å²) in [6.45, 7) is 4.03. The van der Waals surface area contributed by atoms with Crippen LogP contribution in [0.2, 0.25) is 0 Å². The Kier molecular flexibility index (Phi) is 4.77. The highest BCUT2D eigenvalue weighted by atomic mass is 16.6. The summed E-state index contributed by atoms with van der Waals surface area (Å²) in [6, 6.07) is 9.94. The number of hydrogen-bond acceptors (Lipinski definition) is 4. The first-order chi connectivity index (χ1) is 9.69. The number of hydrogen-bond donors (Lipinski definition) is 0. The van der Waals surface area contributed by atoms with E-state index in [0.29, 0.717) is 0 Å². The summed E-state index contributed by atoms with van der Waals surface area (Å²) in [6.07, 6.45) is 0.826. The second-order valence-corrected chi connectivity index (χ2v) is 4.90. The van der Waals surface area contributed by atoms with Crippen molar-refractivity contribution in [3.8, 4) is 0 Å². The summed E-state index contributed by atoms with van der Waals surface area (Å²) in [5.74, 6) is -1.48. The van der Waals surface area contributed by atoms with Crippen LogP contribution in [-0.2, 0) is 19.1 Å². The summed E-state index contributed by atoms with van der Waals surface area (Å²) in [5, 5.41) is 0. The minimum Gasteiger partial charge on any atom is -0.465 e. The van der Waals surface area contributed by atoms with Gasteiger partial charge in [-0.3, -0.25) is 9.59 Å². The van der Waals surface area contributed by atoms with Crippen LogP contribution >= 0.6 is 0 Å². The van der Waals surface area contributed by atoms with Crippen LogP contribution < -0.4 is 0 Å². The Hall–Kier alpha value is -1.84. The third-order valence-corrected chi connectivity index (χ3v) is 3.58. The van der Waals surface area contributed by atoms with Crippen LogP contribution in [0.5, 0.6) is 0 Å². The van der Waals surface area contributed by atoms with Gasteiger partial charge in [-0.1, -0.05) is 30.3 Å². The lowest BCUT2D eigenvalue weighted by atomic mass is 9.99. The molecule has 4 heteroatoms. The van der Waals surface area contributed by atoms with Gasteiger partial charge in [0.05, 0.1) is 13.2 Å². The van der Waals surface area contributed by atoms with E-state index in [1.54, 1.807) is 13.8 Å². The molecule has 1 saturated carbocycles. The molecular weight excluding hydrogens is 256 g/mol. The second-order valence-electron chi connectivity index (χ2n) is 4.90. The molecule has 2 atom stereocenters. The predicted octanol–water partition coefficient (Wildman–Crippen LogP) is 2.53. The van der Waals surface area contributed by atoms with E-state index in [-0.39, 0.29) is 25.0 Å². The molecule has 1 aromatic rings. The van der Waals surface area contributed by atoms with Crippen LogP contribution in [0.4, 0.5) is 0 Å². The normalized spacial score (nSPS) is 20.6. The average molecular weight is 276 g/mol. The second kappa shape index (κ2) is 6.55. The maximum absolute atomic E-state index is 12.0. The fraction of sp³-hybridized carbons (Fsp3) is 0.500. The Labute approximate surface area is 119 Å². The van der Waals surface area contributed by atoms with Crippen molar-refractivity contribution in [1.82, 2.24) is 0 Å². The summed E-state index contributed by atoms with van der Waals surface area (Å²) in [4.78, 5) is 24.0. The Morgan fingerprint density at radius 2 is 1.65 bits per heavy atom. The third kappa shape index (κ3) is 3.18. The van der Waals surface area contributed by atoms with Gasteiger partial charge >= 0.3 is 11.9 Å². The maximum atomic E-state index is 12.0. The minimum absolute atomic E-state index is 0.00417. The molecule has 0 saturated heterocycles. The first kappa shape index (κ1) is 14.6. The third-order valence-electron chi connectivity index (χ3n) is 3.58. The van der Waals surface area contributed by atoms with Gasteiger partial charge in [-0.05, 0) is 37.7 Å². The molecule has 2 unspecified atom stereocenters. The van der Waals surface area contributed by atoms with E-state index in [4.69, 9.17) is 9.47 Å². The van der Waals surface area contributed by atoms with Crippen molar-refractivity contribution in [1.29, 1.82) is 0 Å². The quantitative estimate of drug-likeness (QED) is 0.592. The van der Waals surface area contributed by atoms with Gasteiger partial charge in [0.25, 0.3) is 0 Å². The molecule has 0 bridgehead atoms. The smallest absolute Gasteiger partial charge is 0.320 e. The molecule has 2 rings (SSSR count). The average Bonchev–Trinajstić information content (AvgIpc) is 3.21. The van der Waals surface area contributed by atoms with Crippen LogP contribution in [0.15, 0.2) is 30.3 Å². The van der Waals surface area contributed by atoms with E-state index in [1.165, 1.54) is 0 Å². The molecule has 1 fully saturated rings. The first-order valence-corrected chi connectivity index (χ1v) is 7.07. The molecule has 0 spiro atoms. The lowest BCUT2D eigenvalue weighted by Gasteiger charge is -2.14. The number of carbonyl (C=O) groups excluding carboxylic acids is 2. The van der Waals surface area contributed by atoms with Crippen molar-refractivity contribution in [2.45, 2.75) is 26.2 Å². The molecule has 20 heavy (non-hydrogen) atoms. The van der Waals surface area contributed by atoms with Crippen molar-refractivity contribution >= 4 is 11.9 Å². The van der Waals surface area contributed by atoms with Gasteiger partial charge in [-0.15, -0.1) is 0 Å². The van der Waals surface area contributed by atoms with Gasteiger partial charge in [-0.2, -0.15) is 0 Å². The largest absolute Gasteiger partial charge is 0.465 e. The van der Waals surface area contributed by atoms with E-state index >= 15 is 0 Å². The highest BCUT2D eigenvalue weighted by Crippen LogP contribution is 2.52. The van der Waals surface area contributed by atoms with E-state index in [9.17, 15) is 9.59 Å². The van der Waals surface area contributed by atoms with Crippen LogP contribution in [0.1, 0.15) is 31.7 Å². The molecule has 0 radical (unpaired) electrons. The number of ether oxygens (including phenoxy) is 2. The molecular formula is C16H20O4. The highest BCUT2D eigenvalue weighted by Gasteiger charge is 2.51. The summed E-state index contributed by atoms with van der Waals surface area (Å²) < 4.78 is 10.0. The lowest BCUT2D eigenvalue weighted by molar-refractivity contribution is -0.162. The van der Waals surface area contributed by atoms with Crippen molar-refractivity contribution in [3.05, 3.63) is 35.9 Å². The van der Waals surface area contributed by atoms with Crippen LogP contribution in [0.3, 0.4) is 0 Å². The van der Waals surface area contributed by atoms with Crippen molar-refractivity contribution in [2.75, 3.05) is 13.2 Å². The zero-order valence-corrected chi connectivity index (χ0v) is 11.9.